The van der Waals surface area contributed by atoms with E-state index >= 15 is 0 Å². The van der Waals surface area contributed by atoms with Crippen LogP contribution >= 0.6 is 11.3 Å². The van der Waals surface area contributed by atoms with E-state index in [0.717, 1.165) is 36.8 Å². The monoisotopic (exact) mass is 413 g/mol. The van der Waals surface area contributed by atoms with E-state index in [0.29, 0.717) is 12.2 Å². The highest BCUT2D eigenvalue weighted by molar-refractivity contribution is 7.10. The number of amides is 3. The molecule has 1 aromatic carbocycles. The lowest BCUT2D eigenvalue weighted by molar-refractivity contribution is -0.136. The number of benzene rings is 1. The molecule has 1 fully saturated rings. The van der Waals surface area contributed by atoms with E-state index in [1.165, 1.54) is 4.88 Å². The zero-order valence-electron chi connectivity index (χ0n) is 16.8. The van der Waals surface area contributed by atoms with Gasteiger partial charge in [0.25, 0.3) is 0 Å². The summed E-state index contributed by atoms with van der Waals surface area (Å²) in [5.74, 6) is -1.90. The summed E-state index contributed by atoms with van der Waals surface area (Å²) in [5.41, 5.74) is 2.51. The fourth-order valence-electron chi connectivity index (χ4n) is 3.78. The second-order valence-electron chi connectivity index (χ2n) is 7.63. The molecular formula is C22H27N3O3S. The first-order valence-electron chi connectivity index (χ1n) is 9.87. The molecule has 0 aliphatic heterocycles. The zero-order chi connectivity index (χ0) is 20.9. The van der Waals surface area contributed by atoms with Crippen LogP contribution in [0.5, 0.6) is 0 Å². The van der Waals surface area contributed by atoms with Crippen molar-refractivity contribution < 1.29 is 14.4 Å². The Balaban J connectivity index is 1.48. The molecule has 1 aliphatic rings. The number of rotatable bonds is 6. The van der Waals surface area contributed by atoms with Crippen LogP contribution in [0, 0.1) is 13.8 Å². The van der Waals surface area contributed by atoms with Gasteiger partial charge in [-0.3, -0.25) is 14.4 Å². The van der Waals surface area contributed by atoms with Gasteiger partial charge in [0, 0.05) is 22.5 Å². The Morgan fingerprint density at radius 3 is 2.45 bits per heavy atom. The summed E-state index contributed by atoms with van der Waals surface area (Å²) in [6.45, 7) is 4.14. The van der Waals surface area contributed by atoms with Gasteiger partial charge in [0.2, 0.25) is 5.91 Å². The van der Waals surface area contributed by atoms with Gasteiger partial charge in [-0.15, -0.1) is 11.3 Å². The van der Waals surface area contributed by atoms with E-state index in [1.54, 1.807) is 17.4 Å². The van der Waals surface area contributed by atoms with Gasteiger partial charge in [-0.2, -0.15) is 0 Å². The van der Waals surface area contributed by atoms with Gasteiger partial charge in [-0.05, 0) is 55.3 Å². The smallest absolute Gasteiger partial charge is 0.313 e. The molecule has 0 saturated heterocycles. The van der Waals surface area contributed by atoms with E-state index in [1.807, 2.05) is 32.0 Å². The zero-order valence-corrected chi connectivity index (χ0v) is 17.7. The van der Waals surface area contributed by atoms with Crippen molar-refractivity contribution in [2.45, 2.75) is 44.9 Å². The molecule has 6 nitrogen and oxygen atoms in total. The molecule has 1 aromatic heterocycles. The largest absolute Gasteiger partial charge is 0.354 e. The maximum atomic E-state index is 12.2. The molecule has 0 bridgehead atoms. The number of thiophene rings is 1. The molecule has 1 saturated carbocycles. The number of carbonyl (C=O) groups excluding carboxylic acids is 3. The number of carbonyl (C=O) groups is 3. The van der Waals surface area contributed by atoms with Crippen LogP contribution in [0.3, 0.4) is 0 Å². The second kappa shape index (κ2) is 9.22. The van der Waals surface area contributed by atoms with Gasteiger partial charge >= 0.3 is 11.8 Å². The first-order valence-corrected chi connectivity index (χ1v) is 10.8. The summed E-state index contributed by atoms with van der Waals surface area (Å²) in [5, 5.41) is 9.99. The van der Waals surface area contributed by atoms with Crippen LogP contribution in [0.15, 0.2) is 35.7 Å². The number of anilines is 1. The lowest BCUT2D eigenvalue weighted by Crippen LogP contribution is -2.45. The van der Waals surface area contributed by atoms with Crippen LogP contribution in [-0.4, -0.2) is 30.8 Å². The average molecular weight is 414 g/mol. The molecule has 1 heterocycles. The first kappa shape index (κ1) is 21.0. The molecule has 3 N–H and O–H groups in total. The third-order valence-electron chi connectivity index (χ3n) is 5.70. The van der Waals surface area contributed by atoms with E-state index in [2.05, 4.69) is 27.4 Å². The van der Waals surface area contributed by atoms with Crippen LogP contribution in [0.2, 0.25) is 0 Å². The number of hydrogen-bond acceptors (Lipinski definition) is 4. The third kappa shape index (κ3) is 5.03. The summed E-state index contributed by atoms with van der Waals surface area (Å²) in [7, 11) is 0. The highest BCUT2D eigenvalue weighted by Crippen LogP contribution is 2.42. The molecular weight excluding hydrogens is 386 g/mol. The van der Waals surface area contributed by atoms with Gasteiger partial charge in [-0.1, -0.05) is 31.0 Å². The van der Waals surface area contributed by atoms with Gasteiger partial charge in [-0.25, -0.2) is 0 Å². The van der Waals surface area contributed by atoms with E-state index in [9.17, 15) is 14.4 Å². The minimum absolute atomic E-state index is 0.00604. The third-order valence-corrected chi connectivity index (χ3v) is 6.81. The van der Waals surface area contributed by atoms with Gasteiger partial charge in [0.15, 0.2) is 0 Å². The Morgan fingerprint density at radius 2 is 1.76 bits per heavy atom. The van der Waals surface area contributed by atoms with Crippen molar-refractivity contribution in [2.24, 2.45) is 0 Å². The van der Waals surface area contributed by atoms with Crippen molar-refractivity contribution >= 4 is 34.7 Å². The summed E-state index contributed by atoms with van der Waals surface area (Å²) in [4.78, 5) is 37.7. The van der Waals surface area contributed by atoms with Crippen molar-refractivity contribution in [3.05, 3.63) is 51.7 Å². The van der Waals surface area contributed by atoms with E-state index < -0.39 is 11.8 Å². The quantitative estimate of drug-likeness (QED) is 0.636. The Hall–Kier alpha value is -2.67. The number of nitrogens with one attached hydrogen (secondary N) is 3. The average Bonchev–Trinajstić information content (AvgIpc) is 3.40. The summed E-state index contributed by atoms with van der Waals surface area (Å²) in [6.07, 6.45) is 4.42. The van der Waals surface area contributed by atoms with Crippen LogP contribution in [-0.2, 0) is 19.8 Å². The van der Waals surface area contributed by atoms with Crippen molar-refractivity contribution in [2.75, 3.05) is 18.4 Å². The molecule has 0 atom stereocenters. The standard InChI is InChI=1S/C22H27N3O3S/c1-15-7-5-8-17(16(15)2)25-21(28)20(27)23-13-19(26)24-14-22(10-3-4-11-22)18-9-6-12-29-18/h5-9,12H,3-4,10-11,13-14H2,1-2H3,(H,23,27)(H,24,26)(H,25,28). The highest BCUT2D eigenvalue weighted by atomic mass is 32.1. The van der Waals surface area contributed by atoms with Crippen molar-refractivity contribution in [1.82, 2.24) is 10.6 Å². The lowest BCUT2D eigenvalue weighted by Gasteiger charge is -2.28. The molecule has 2 aromatic rings. The predicted octanol–water partition coefficient (Wildman–Crippen LogP) is 3.05. The Kier molecular flexibility index (Phi) is 6.69. The molecule has 3 rings (SSSR count). The summed E-state index contributed by atoms with van der Waals surface area (Å²) >= 11 is 1.72. The molecule has 3 amide bonds. The Bertz CT molecular complexity index is 887. The Labute approximate surface area is 175 Å². The molecule has 1 aliphatic carbocycles. The minimum Gasteiger partial charge on any atom is -0.354 e. The lowest BCUT2D eigenvalue weighted by atomic mass is 9.84. The SMILES string of the molecule is Cc1cccc(NC(=O)C(=O)NCC(=O)NCC2(c3cccs3)CCCC2)c1C. The Morgan fingerprint density at radius 1 is 1.00 bits per heavy atom. The molecule has 7 heteroatoms. The first-order chi connectivity index (χ1) is 13.9. The normalized spacial score (nSPS) is 15.0. The fourth-order valence-corrected chi connectivity index (χ4v) is 4.77. The molecule has 29 heavy (non-hydrogen) atoms. The molecule has 0 radical (unpaired) electrons. The second-order valence-corrected chi connectivity index (χ2v) is 8.57. The van der Waals surface area contributed by atoms with Crippen molar-refractivity contribution in [3.8, 4) is 0 Å². The molecule has 154 valence electrons. The van der Waals surface area contributed by atoms with Gasteiger partial charge in [0.1, 0.15) is 0 Å². The van der Waals surface area contributed by atoms with E-state index in [4.69, 9.17) is 0 Å². The van der Waals surface area contributed by atoms with Crippen LogP contribution in [0.25, 0.3) is 0 Å². The van der Waals surface area contributed by atoms with Crippen molar-refractivity contribution in [1.29, 1.82) is 0 Å². The number of aryl methyl sites for hydroxylation is 1. The van der Waals surface area contributed by atoms with Gasteiger partial charge in [0.05, 0.1) is 6.54 Å². The molecule has 0 unspecified atom stereocenters. The maximum Gasteiger partial charge on any atom is 0.313 e. The topological polar surface area (TPSA) is 87.3 Å². The van der Waals surface area contributed by atoms with Crippen LogP contribution in [0.4, 0.5) is 5.69 Å². The van der Waals surface area contributed by atoms with Crippen LogP contribution in [0.1, 0.15) is 41.7 Å². The maximum absolute atomic E-state index is 12.2. The number of hydrogen-bond donors (Lipinski definition) is 3. The highest BCUT2D eigenvalue weighted by Gasteiger charge is 2.36. The predicted molar refractivity (Wildman–Crippen MR) is 115 cm³/mol. The van der Waals surface area contributed by atoms with E-state index in [-0.39, 0.29) is 17.9 Å². The minimum atomic E-state index is -0.824. The van der Waals surface area contributed by atoms with Crippen molar-refractivity contribution in [3.63, 3.8) is 0 Å². The fraction of sp³-hybridized carbons (Fsp3) is 0.409. The summed E-state index contributed by atoms with van der Waals surface area (Å²) < 4.78 is 0. The molecule has 0 spiro atoms. The summed E-state index contributed by atoms with van der Waals surface area (Å²) in [6, 6.07) is 9.66. The van der Waals surface area contributed by atoms with Gasteiger partial charge < -0.3 is 16.0 Å². The van der Waals surface area contributed by atoms with Crippen LogP contribution < -0.4 is 16.0 Å².